The van der Waals surface area contributed by atoms with E-state index in [-0.39, 0.29) is 11.4 Å². The molecule has 0 saturated heterocycles. The van der Waals surface area contributed by atoms with E-state index in [1.54, 1.807) is 13.0 Å². The van der Waals surface area contributed by atoms with Crippen LogP contribution in [0, 0.1) is 12.7 Å². The van der Waals surface area contributed by atoms with Crippen LogP contribution in [-0.2, 0) is 0 Å². The van der Waals surface area contributed by atoms with Crippen molar-refractivity contribution in [2.45, 2.75) is 53.0 Å². The quantitative estimate of drug-likeness (QED) is 0.549. The monoisotopic (exact) mass is 342 g/mol. The summed E-state index contributed by atoms with van der Waals surface area (Å²) in [6.07, 6.45) is 2.25. The zero-order valence-electron chi connectivity index (χ0n) is 15.8. The second-order valence-corrected chi connectivity index (χ2v) is 7.06. The second kappa shape index (κ2) is 7.21. The van der Waals surface area contributed by atoms with Crippen LogP contribution in [0.5, 0.6) is 0 Å². The molecule has 0 atom stereocenters. The van der Waals surface area contributed by atoms with Crippen molar-refractivity contribution < 1.29 is 4.39 Å². The van der Waals surface area contributed by atoms with Gasteiger partial charge in [0.2, 0.25) is 0 Å². The molecule has 1 heterocycles. The predicted molar refractivity (Wildman–Crippen MR) is 103 cm³/mol. The average molecular weight is 342 g/mol. The van der Waals surface area contributed by atoms with Gasteiger partial charge in [-0.2, -0.15) is 0 Å². The minimum absolute atomic E-state index is 0.106. The molecule has 1 saturated carbocycles. The Bertz CT molecular complexity index is 766. The molecular formula is C20H27FN4. The molecule has 134 valence electrons. The van der Waals surface area contributed by atoms with Crippen molar-refractivity contribution in [1.29, 1.82) is 0 Å². The Kier molecular flexibility index (Phi) is 5.45. The van der Waals surface area contributed by atoms with Gasteiger partial charge in [0.15, 0.2) is 0 Å². The van der Waals surface area contributed by atoms with Gasteiger partial charge >= 0.3 is 0 Å². The fourth-order valence-electron chi connectivity index (χ4n) is 2.70. The van der Waals surface area contributed by atoms with Gasteiger partial charge in [-0.25, -0.2) is 14.4 Å². The molecule has 2 N–H and O–H groups in total. The van der Waals surface area contributed by atoms with Crippen molar-refractivity contribution in [1.82, 2.24) is 10.3 Å². The van der Waals surface area contributed by atoms with E-state index in [2.05, 4.69) is 40.8 Å². The molecule has 0 radical (unpaired) electrons. The third-order valence-corrected chi connectivity index (χ3v) is 4.41. The van der Waals surface area contributed by atoms with Crippen LogP contribution in [-0.4, -0.2) is 17.2 Å². The van der Waals surface area contributed by atoms with Crippen molar-refractivity contribution in [3.63, 3.8) is 0 Å². The zero-order valence-corrected chi connectivity index (χ0v) is 15.8. The lowest BCUT2D eigenvalue weighted by Crippen LogP contribution is -2.27. The minimum atomic E-state index is -0.324. The summed E-state index contributed by atoms with van der Waals surface area (Å²) < 4.78 is 13.4. The first-order chi connectivity index (χ1) is 11.7. The molecule has 1 aliphatic rings. The molecule has 1 aromatic rings. The number of nitrogens with one attached hydrogen (secondary N) is 2. The number of anilines is 1. The van der Waals surface area contributed by atoms with Crippen molar-refractivity contribution in [3.8, 4) is 0 Å². The van der Waals surface area contributed by atoms with Gasteiger partial charge in [0.25, 0.3) is 0 Å². The molecule has 0 aromatic carbocycles. The van der Waals surface area contributed by atoms with Gasteiger partial charge in [-0.1, -0.05) is 12.2 Å². The third kappa shape index (κ3) is 4.56. The summed E-state index contributed by atoms with van der Waals surface area (Å²) in [7, 11) is 0. The predicted octanol–water partition coefficient (Wildman–Crippen LogP) is 4.87. The summed E-state index contributed by atoms with van der Waals surface area (Å²) in [4.78, 5) is 8.39. The van der Waals surface area contributed by atoms with Gasteiger partial charge in [0, 0.05) is 22.4 Å². The molecule has 0 amide bonds. The van der Waals surface area contributed by atoms with E-state index >= 15 is 0 Å². The number of rotatable bonds is 7. The van der Waals surface area contributed by atoms with Crippen molar-refractivity contribution in [2.75, 3.05) is 5.32 Å². The standard InChI is InChI=1S/C20H27FN4/c1-12(2)18(13(3)19(22-7)25-20(6)10-11-20)15(5)24-17-9-8-16(21)14(4)23-17/h8-9,25H,5,7,10-11H2,1-4,6H3,(H,23,24)/b19-13-. The number of hydrogen-bond donors (Lipinski definition) is 2. The molecule has 4 nitrogen and oxygen atoms in total. The van der Waals surface area contributed by atoms with Crippen LogP contribution in [0.2, 0.25) is 0 Å². The number of aromatic nitrogens is 1. The topological polar surface area (TPSA) is 49.3 Å². The fraction of sp³-hybridized carbons (Fsp3) is 0.400. The van der Waals surface area contributed by atoms with Gasteiger partial charge in [-0.3, -0.25) is 0 Å². The molecule has 25 heavy (non-hydrogen) atoms. The first-order valence-corrected chi connectivity index (χ1v) is 8.40. The molecule has 1 fully saturated rings. The van der Waals surface area contributed by atoms with Crippen LogP contribution in [0.3, 0.4) is 0 Å². The van der Waals surface area contributed by atoms with Crippen LogP contribution < -0.4 is 10.6 Å². The normalized spacial score (nSPS) is 15.8. The lowest BCUT2D eigenvalue weighted by molar-refractivity contribution is 0.601. The van der Waals surface area contributed by atoms with E-state index in [0.717, 1.165) is 35.4 Å². The highest BCUT2D eigenvalue weighted by Crippen LogP contribution is 2.36. The number of allylic oxidation sites excluding steroid dienone is 2. The smallest absolute Gasteiger partial charge is 0.144 e. The molecule has 2 rings (SSSR count). The molecule has 0 aliphatic heterocycles. The lowest BCUT2D eigenvalue weighted by Gasteiger charge is -2.21. The average Bonchev–Trinajstić information content (AvgIpc) is 3.26. The van der Waals surface area contributed by atoms with Gasteiger partial charge in [-0.15, -0.1) is 0 Å². The van der Waals surface area contributed by atoms with E-state index in [1.165, 1.54) is 6.07 Å². The van der Waals surface area contributed by atoms with Gasteiger partial charge in [0.05, 0.1) is 5.69 Å². The van der Waals surface area contributed by atoms with Crippen LogP contribution in [0.4, 0.5) is 10.2 Å². The summed E-state index contributed by atoms with van der Waals surface area (Å²) in [6.45, 7) is 17.7. The van der Waals surface area contributed by atoms with E-state index in [9.17, 15) is 4.39 Å². The minimum Gasteiger partial charge on any atom is -0.365 e. The Morgan fingerprint density at radius 1 is 1.28 bits per heavy atom. The van der Waals surface area contributed by atoms with E-state index in [1.807, 2.05) is 20.8 Å². The van der Waals surface area contributed by atoms with Crippen LogP contribution in [0.1, 0.15) is 46.2 Å². The number of aryl methyl sites for hydroxylation is 1. The molecule has 0 bridgehead atoms. The van der Waals surface area contributed by atoms with Gasteiger partial charge in [-0.05, 0) is 66.3 Å². The summed E-state index contributed by atoms with van der Waals surface area (Å²) in [5.74, 6) is 1.00. The van der Waals surface area contributed by atoms with E-state index < -0.39 is 0 Å². The SMILES string of the molecule is C=N/C(NC1(C)CC1)=C(\C)C(C(=C)Nc1ccc(F)c(C)n1)=C(C)C. The number of hydrogen-bond acceptors (Lipinski definition) is 4. The molecular weight excluding hydrogens is 315 g/mol. The Morgan fingerprint density at radius 3 is 2.40 bits per heavy atom. The Balaban J connectivity index is 2.30. The van der Waals surface area contributed by atoms with Crippen LogP contribution in [0.25, 0.3) is 0 Å². The zero-order chi connectivity index (χ0) is 18.8. The van der Waals surface area contributed by atoms with Crippen LogP contribution in [0.15, 0.2) is 51.9 Å². The first-order valence-electron chi connectivity index (χ1n) is 8.40. The van der Waals surface area contributed by atoms with Gasteiger partial charge in [0.1, 0.15) is 17.5 Å². The van der Waals surface area contributed by atoms with Crippen molar-refractivity contribution in [2.24, 2.45) is 4.99 Å². The maximum absolute atomic E-state index is 13.4. The number of aliphatic imine (C=N–C) groups is 1. The molecule has 0 spiro atoms. The summed E-state index contributed by atoms with van der Waals surface area (Å²) in [5.41, 5.74) is 4.18. The highest BCUT2D eigenvalue weighted by Gasteiger charge is 2.38. The summed E-state index contributed by atoms with van der Waals surface area (Å²) in [6, 6.07) is 3.00. The number of halogens is 1. The Labute approximate surface area is 149 Å². The Hall–Kier alpha value is -2.43. The number of pyridine rings is 1. The second-order valence-electron chi connectivity index (χ2n) is 7.06. The van der Waals surface area contributed by atoms with Crippen molar-refractivity contribution >= 4 is 12.5 Å². The summed E-state index contributed by atoms with van der Waals surface area (Å²) >= 11 is 0. The third-order valence-electron chi connectivity index (χ3n) is 4.41. The van der Waals surface area contributed by atoms with E-state index in [4.69, 9.17) is 0 Å². The summed E-state index contributed by atoms with van der Waals surface area (Å²) in [5, 5.41) is 6.65. The lowest BCUT2D eigenvalue weighted by atomic mass is 9.99. The highest BCUT2D eigenvalue weighted by atomic mass is 19.1. The maximum Gasteiger partial charge on any atom is 0.144 e. The largest absolute Gasteiger partial charge is 0.365 e. The van der Waals surface area contributed by atoms with Gasteiger partial charge < -0.3 is 10.6 Å². The molecule has 5 heteroatoms. The number of nitrogens with zero attached hydrogens (tertiary/aromatic N) is 2. The van der Waals surface area contributed by atoms with Crippen LogP contribution >= 0.6 is 0 Å². The highest BCUT2D eigenvalue weighted by molar-refractivity contribution is 5.57. The molecule has 1 aliphatic carbocycles. The first kappa shape index (κ1) is 18.9. The molecule has 0 unspecified atom stereocenters. The maximum atomic E-state index is 13.4. The van der Waals surface area contributed by atoms with E-state index in [0.29, 0.717) is 17.2 Å². The Morgan fingerprint density at radius 2 is 1.92 bits per heavy atom. The van der Waals surface area contributed by atoms with Crippen molar-refractivity contribution in [3.05, 3.63) is 58.5 Å². The molecule has 1 aromatic heterocycles. The fourth-order valence-corrected chi connectivity index (χ4v) is 2.70.